The van der Waals surface area contributed by atoms with Gasteiger partial charge in [0.15, 0.2) is 12.4 Å². The van der Waals surface area contributed by atoms with E-state index in [0.717, 1.165) is 38.5 Å². The second kappa shape index (κ2) is 47.1. The summed E-state index contributed by atoms with van der Waals surface area (Å²) in [6.45, 7) is 3.48. The van der Waals surface area contributed by atoms with Crippen molar-refractivity contribution in [3.63, 3.8) is 0 Å². The first-order valence-corrected chi connectivity index (χ1v) is 28.3. The fraction of sp³-hybridized carbons (Fsp3) is 0.929. The number of hydrogen-bond donors (Lipinski definition) is 4. The van der Waals surface area contributed by atoms with Gasteiger partial charge in [0, 0.05) is 12.8 Å². The zero-order chi connectivity index (χ0) is 48.0. The SMILES string of the molecule is CCCCCCCC/C=C/CCCCCCCCCCCC(=O)OC[C@H](CO[C@@H]1O[C@H](CO)[C@H](O)C(O)C1O)OC(=O)CCCCCCCCCCCCCCCCCCCCCCCC. The summed E-state index contributed by atoms with van der Waals surface area (Å²) < 4.78 is 22.3. The smallest absolute Gasteiger partial charge is 0.306 e. The molecular formula is C56H106O10. The highest BCUT2D eigenvalue weighted by molar-refractivity contribution is 5.70. The van der Waals surface area contributed by atoms with Gasteiger partial charge >= 0.3 is 11.9 Å². The number of carbonyl (C=O) groups is 2. The highest BCUT2D eigenvalue weighted by atomic mass is 16.7. The van der Waals surface area contributed by atoms with Crippen LogP contribution in [0.15, 0.2) is 12.2 Å². The summed E-state index contributed by atoms with van der Waals surface area (Å²) >= 11 is 0. The molecule has 6 atom stereocenters. The van der Waals surface area contributed by atoms with E-state index in [1.54, 1.807) is 0 Å². The first-order chi connectivity index (χ1) is 32.3. The van der Waals surface area contributed by atoms with E-state index in [0.29, 0.717) is 6.42 Å². The van der Waals surface area contributed by atoms with Crippen molar-refractivity contribution in [1.82, 2.24) is 0 Å². The molecule has 1 aliphatic rings. The fourth-order valence-electron chi connectivity index (χ4n) is 8.95. The van der Waals surface area contributed by atoms with E-state index < -0.39 is 49.4 Å². The maximum atomic E-state index is 12.9. The molecule has 0 spiro atoms. The lowest BCUT2D eigenvalue weighted by Crippen LogP contribution is -2.59. The molecule has 0 aromatic heterocycles. The van der Waals surface area contributed by atoms with Crippen LogP contribution in [0.4, 0.5) is 0 Å². The van der Waals surface area contributed by atoms with Crippen LogP contribution in [-0.2, 0) is 28.5 Å². The minimum atomic E-state index is -1.59. The summed E-state index contributed by atoms with van der Waals surface area (Å²) in [5.41, 5.74) is 0. The van der Waals surface area contributed by atoms with Crippen molar-refractivity contribution in [3.05, 3.63) is 12.2 Å². The number of carbonyl (C=O) groups excluding carboxylic acids is 2. The van der Waals surface area contributed by atoms with Gasteiger partial charge in [-0.3, -0.25) is 9.59 Å². The predicted octanol–water partition coefficient (Wildman–Crippen LogP) is 13.8. The van der Waals surface area contributed by atoms with Crippen molar-refractivity contribution >= 4 is 11.9 Å². The van der Waals surface area contributed by atoms with Gasteiger partial charge in [-0.15, -0.1) is 0 Å². The normalized spacial score (nSPS) is 19.2. The summed E-state index contributed by atoms with van der Waals surface area (Å²) in [5, 5.41) is 40.3. The fourth-order valence-corrected chi connectivity index (χ4v) is 8.95. The number of allylic oxidation sites excluding steroid dienone is 2. The molecule has 0 radical (unpaired) electrons. The van der Waals surface area contributed by atoms with Gasteiger partial charge in [0.2, 0.25) is 0 Å². The van der Waals surface area contributed by atoms with Crippen LogP contribution < -0.4 is 0 Å². The standard InChI is InChI=1S/C56H106O10/c1-3-5-7-9-11-13-15-17-19-21-23-24-25-27-29-31-33-35-37-39-41-43-45-52(59)65-49(48-64-56-55(62)54(61)53(60)50(46-57)66-56)47-63-51(58)44-42-40-38-36-34-32-30-28-26-22-20-18-16-14-12-10-8-6-4-2/h18,20,49-50,53-57,60-62H,3-17,19,21-48H2,1-2H3/b20-18+/t49-,50-,53+,54?,55?,56-/m1/s1. The van der Waals surface area contributed by atoms with E-state index in [1.807, 2.05) is 0 Å². The monoisotopic (exact) mass is 939 g/mol. The number of hydrogen-bond acceptors (Lipinski definition) is 10. The number of esters is 2. The Morgan fingerprint density at radius 1 is 0.455 bits per heavy atom. The van der Waals surface area contributed by atoms with Crippen LogP contribution in [-0.4, -0.2) is 89.0 Å². The van der Waals surface area contributed by atoms with Crippen LogP contribution in [0.2, 0.25) is 0 Å². The Balaban J connectivity index is 2.20. The molecule has 390 valence electrons. The van der Waals surface area contributed by atoms with E-state index in [2.05, 4.69) is 26.0 Å². The Hall–Kier alpha value is -1.56. The molecule has 1 fully saturated rings. The van der Waals surface area contributed by atoms with E-state index in [-0.39, 0.29) is 32.0 Å². The molecule has 0 saturated carbocycles. The minimum Gasteiger partial charge on any atom is -0.462 e. The third-order valence-electron chi connectivity index (χ3n) is 13.4. The number of rotatable bonds is 49. The zero-order valence-electron chi connectivity index (χ0n) is 43.0. The molecule has 0 amide bonds. The maximum absolute atomic E-state index is 12.9. The highest BCUT2D eigenvalue weighted by Crippen LogP contribution is 2.23. The predicted molar refractivity (Wildman–Crippen MR) is 270 cm³/mol. The molecule has 0 aliphatic carbocycles. The summed E-state index contributed by atoms with van der Waals surface area (Å²) in [7, 11) is 0. The van der Waals surface area contributed by atoms with Crippen LogP contribution in [0.3, 0.4) is 0 Å². The lowest BCUT2D eigenvalue weighted by atomic mass is 9.99. The van der Waals surface area contributed by atoms with Crippen LogP contribution >= 0.6 is 0 Å². The summed E-state index contributed by atoms with van der Waals surface area (Å²) in [4.78, 5) is 25.5. The van der Waals surface area contributed by atoms with Gasteiger partial charge in [-0.2, -0.15) is 0 Å². The van der Waals surface area contributed by atoms with Crippen LogP contribution in [0.5, 0.6) is 0 Å². The van der Waals surface area contributed by atoms with Gasteiger partial charge < -0.3 is 39.4 Å². The molecular weight excluding hydrogens is 833 g/mol. The minimum absolute atomic E-state index is 0.212. The van der Waals surface area contributed by atoms with Gasteiger partial charge in [0.05, 0.1) is 13.2 Å². The first kappa shape index (κ1) is 62.5. The molecule has 10 nitrogen and oxygen atoms in total. The van der Waals surface area contributed by atoms with Crippen LogP contribution in [0.1, 0.15) is 277 Å². The third kappa shape index (κ3) is 37.3. The molecule has 10 heteroatoms. The molecule has 2 unspecified atom stereocenters. The van der Waals surface area contributed by atoms with Crippen molar-refractivity contribution in [2.24, 2.45) is 0 Å². The van der Waals surface area contributed by atoms with Crippen LogP contribution in [0.25, 0.3) is 0 Å². The van der Waals surface area contributed by atoms with E-state index in [4.69, 9.17) is 18.9 Å². The van der Waals surface area contributed by atoms with Gasteiger partial charge in [-0.05, 0) is 38.5 Å². The largest absolute Gasteiger partial charge is 0.462 e. The number of ether oxygens (including phenoxy) is 4. The third-order valence-corrected chi connectivity index (χ3v) is 13.4. The van der Waals surface area contributed by atoms with E-state index in [9.17, 15) is 30.0 Å². The summed E-state index contributed by atoms with van der Waals surface area (Å²) in [6.07, 6.45) is 46.5. The molecule has 1 heterocycles. The summed E-state index contributed by atoms with van der Waals surface area (Å²) in [5.74, 6) is -0.790. The van der Waals surface area contributed by atoms with Gasteiger partial charge in [-0.25, -0.2) is 0 Å². The Kier molecular flexibility index (Phi) is 44.6. The Morgan fingerprint density at radius 2 is 0.803 bits per heavy atom. The average molecular weight is 939 g/mol. The first-order valence-electron chi connectivity index (χ1n) is 28.3. The van der Waals surface area contributed by atoms with Crippen molar-refractivity contribution in [3.8, 4) is 0 Å². The molecule has 1 aliphatic heterocycles. The molecule has 0 bridgehead atoms. The Labute approximate surface area is 405 Å². The second-order valence-corrected chi connectivity index (χ2v) is 19.7. The lowest BCUT2D eigenvalue weighted by Gasteiger charge is -2.39. The quantitative estimate of drug-likeness (QED) is 0.0263. The van der Waals surface area contributed by atoms with Gasteiger partial charge in [0.1, 0.15) is 31.0 Å². The number of unbranched alkanes of at least 4 members (excludes halogenated alkanes) is 36. The average Bonchev–Trinajstić information content (AvgIpc) is 3.32. The van der Waals surface area contributed by atoms with Gasteiger partial charge in [-0.1, -0.05) is 238 Å². The molecule has 4 N–H and O–H groups in total. The summed E-state index contributed by atoms with van der Waals surface area (Å²) in [6, 6.07) is 0. The van der Waals surface area contributed by atoms with Crippen molar-refractivity contribution in [2.45, 2.75) is 314 Å². The number of aliphatic hydroxyl groups is 4. The molecule has 0 aromatic carbocycles. The molecule has 1 saturated heterocycles. The topological polar surface area (TPSA) is 152 Å². The molecule has 1 rings (SSSR count). The van der Waals surface area contributed by atoms with Crippen LogP contribution in [0, 0.1) is 0 Å². The lowest BCUT2D eigenvalue weighted by molar-refractivity contribution is -0.305. The highest BCUT2D eigenvalue weighted by Gasteiger charge is 2.44. The molecule has 0 aromatic rings. The van der Waals surface area contributed by atoms with Crippen molar-refractivity contribution in [2.75, 3.05) is 19.8 Å². The van der Waals surface area contributed by atoms with E-state index in [1.165, 1.54) is 205 Å². The second-order valence-electron chi connectivity index (χ2n) is 19.7. The van der Waals surface area contributed by atoms with Crippen molar-refractivity contribution in [1.29, 1.82) is 0 Å². The van der Waals surface area contributed by atoms with E-state index >= 15 is 0 Å². The molecule has 66 heavy (non-hydrogen) atoms. The maximum Gasteiger partial charge on any atom is 0.306 e. The Morgan fingerprint density at radius 3 is 1.18 bits per heavy atom. The Bertz CT molecular complexity index is 1080. The van der Waals surface area contributed by atoms with Crippen molar-refractivity contribution < 1.29 is 49.0 Å². The zero-order valence-corrected chi connectivity index (χ0v) is 43.0. The van der Waals surface area contributed by atoms with Gasteiger partial charge in [0.25, 0.3) is 0 Å². The number of aliphatic hydroxyl groups excluding tert-OH is 4.